The van der Waals surface area contributed by atoms with Crippen molar-refractivity contribution in [1.29, 1.82) is 0 Å². The Morgan fingerprint density at radius 1 is 1.11 bits per heavy atom. The predicted molar refractivity (Wildman–Crippen MR) is 111 cm³/mol. The second-order valence-corrected chi connectivity index (χ2v) is 7.48. The lowest BCUT2D eigenvalue weighted by Crippen LogP contribution is -2.47. The highest BCUT2D eigenvalue weighted by molar-refractivity contribution is 5.96. The summed E-state index contributed by atoms with van der Waals surface area (Å²) in [7, 11) is 2.18. The van der Waals surface area contributed by atoms with E-state index in [0.29, 0.717) is 18.3 Å². The molecule has 1 atom stereocenters. The van der Waals surface area contributed by atoms with E-state index < -0.39 is 0 Å². The molecule has 0 unspecified atom stereocenters. The third kappa shape index (κ3) is 4.26. The van der Waals surface area contributed by atoms with E-state index in [1.807, 2.05) is 24.3 Å². The SMILES string of the molecule is CN1CCN(CCCNC(=O)c2cc3ccccc3o2)[C@H](c2ccccc2)C1. The number of nitrogens with one attached hydrogen (secondary N) is 1. The van der Waals surface area contributed by atoms with Crippen LogP contribution in [0.1, 0.15) is 28.6 Å². The van der Waals surface area contributed by atoms with Crippen molar-refractivity contribution in [3.8, 4) is 0 Å². The molecule has 1 saturated heterocycles. The third-order valence-electron chi connectivity index (χ3n) is 5.44. The molecule has 0 saturated carbocycles. The van der Waals surface area contributed by atoms with Gasteiger partial charge < -0.3 is 14.6 Å². The minimum atomic E-state index is -0.144. The zero-order valence-corrected chi connectivity index (χ0v) is 16.3. The fraction of sp³-hybridized carbons (Fsp3) is 0.348. The molecule has 0 spiro atoms. The summed E-state index contributed by atoms with van der Waals surface area (Å²) in [5.41, 5.74) is 2.11. The van der Waals surface area contributed by atoms with Gasteiger partial charge in [-0.3, -0.25) is 9.69 Å². The van der Waals surface area contributed by atoms with Gasteiger partial charge in [0.25, 0.3) is 5.91 Å². The van der Waals surface area contributed by atoms with E-state index in [9.17, 15) is 4.79 Å². The Labute approximate surface area is 165 Å². The molecule has 0 aliphatic carbocycles. The lowest BCUT2D eigenvalue weighted by molar-refractivity contribution is 0.0858. The van der Waals surface area contributed by atoms with Crippen LogP contribution < -0.4 is 5.32 Å². The van der Waals surface area contributed by atoms with Crippen molar-refractivity contribution in [2.75, 3.05) is 39.8 Å². The van der Waals surface area contributed by atoms with Gasteiger partial charge in [0, 0.05) is 44.2 Å². The first-order chi connectivity index (χ1) is 13.7. The number of furan rings is 1. The molecule has 28 heavy (non-hydrogen) atoms. The average molecular weight is 377 g/mol. The van der Waals surface area contributed by atoms with Crippen molar-refractivity contribution in [2.45, 2.75) is 12.5 Å². The number of benzene rings is 2. The molecular weight excluding hydrogens is 350 g/mol. The van der Waals surface area contributed by atoms with Crippen LogP contribution in [0.3, 0.4) is 0 Å². The van der Waals surface area contributed by atoms with Crippen LogP contribution in [0.4, 0.5) is 0 Å². The van der Waals surface area contributed by atoms with Gasteiger partial charge in [-0.1, -0.05) is 48.5 Å². The normalized spacial score (nSPS) is 18.4. The Morgan fingerprint density at radius 2 is 1.89 bits per heavy atom. The highest BCUT2D eigenvalue weighted by Crippen LogP contribution is 2.24. The highest BCUT2D eigenvalue weighted by Gasteiger charge is 2.26. The van der Waals surface area contributed by atoms with Gasteiger partial charge in [0.1, 0.15) is 5.58 Å². The van der Waals surface area contributed by atoms with Gasteiger partial charge in [0.15, 0.2) is 5.76 Å². The molecule has 3 aromatic rings. The summed E-state index contributed by atoms with van der Waals surface area (Å²) in [6, 6.07) is 20.6. The Balaban J connectivity index is 1.30. The molecule has 1 aliphatic heterocycles. The van der Waals surface area contributed by atoms with E-state index >= 15 is 0 Å². The zero-order chi connectivity index (χ0) is 19.3. The molecule has 1 aromatic heterocycles. The maximum Gasteiger partial charge on any atom is 0.287 e. The first-order valence-corrected chi connectivity index (χ1v) is 9.95. The van der Waals surface area contributed by atoms with E-state index in [0.717, 1.165) is 43.6 Å². The number of carbonyl (C=O) groups is 1. The van der Waals surface area contributed by atoms with Crippen molar-refractivity contribution in [3.05, 3.63) is 72.0 Å². The van der Waals surface area contributed by atoms with Crippen LogP contribution in [0.2, 0.25) is 0 Å². The molecule has 2 aromatic carbocycles. The first kappa shape index (κ1) is 18.7. The van der Waals surface area contributed by atoms with Gasteiger partial charge in [0.2, 0.25) is 0 Å². The van der Waals surface area contributed by atoms with Crippen LogP contribution in [0.25, 0.3) is 11.0 Å². The summed E-state index contributed by atoms with van der Waals surface area (Å²) in [4.78, 5) is 17.3. The number of amides is 1. The maximum absolute atomic E-state index is 12.4. The minimum Gasteiger partial charge on any atom is -0.451 e. The Bertz CT molecular complexity index is 889. The number of likely N-dealkylation sites (N-methyl/N-ethyl adjacent to an activating group) is 1. The molecule has 1 fully saturated rings. The topological polar surface area (TPSA) is 48.7 Å². The number of piperazine rings is 1. The van der Waals surface area contributed by atoms with E-state index in [1.165, 1.54) is 5.56 Å². The van der Waals surface area contributed by atoms with E-state index in [-0.39, 0.29) is 5.91 Å². The molecule has 5 nitrogen and oxygen atoms in total. The quantitative estimate of drug-likeness (QED) is 0.668. The number of para-hydroxylation sites is 1. The zero-order valence-electron chi connectivity index (χ0n) is 16.3. The van der Waals surface area contributed by atoms with Crippen LogP contribution in [-0.2, 0) is 0 Å². The molecule has 1 amide bonds. The van der Waals surface area contributed by atoms with Gasteiger partial charge in [-0.25, -0.2) is 0 Å². The summed E-state index contributed by atoms with van der Waals surface area (Å²) in [6.07, 6.45) is 0.916. The van der Waals surface area contributed by atoms with Crippen LogP contribution >= 0.6 is 0 Å². The molecule has 0 bridgehead atoms. The molecular formula is C23H27N3O2. The molecule has 5 heteroatoms. The molecule has 1 aliphatic rings. The number of nitrogens with zero attached hydrogens (tertiary/aromatic N) is 2. The Hall–Kier alpha value is -2.63. The summed E-state index contributed by atoms with van der Waals surface area (Å²) in [6.45, 7) is 4.77. The van der Waals surface area contributed by atoms with Crippen LogP contribution in [-0.4, -0.2) is 55.5 Å². The second kappa shape index (κ2) is 8.59. The molecule has 4 rings (SSSR count). The Morgan fingerprint density at radius 3 is 2.71 bits per heavy atom. The lowest BCUT2D eigenvalue weighted by Gasteiger charge is -2.40. The minimum absolute atomic E-state index is 0.144. The van der Waals surface area contributed by atoms with Gasteiger partial charge in [0.05, 0.1) is 0 Å². The van der Waals surface area contributed by atoms with E-state index in [2.05, 4.69) is 52.5 Å². The lowest BCUT2D eigenvalue weighted by atomic mass is 10.0. The molecule has 1 N–H and O–H groups in total. The highest BCUT2D eigenvalue weighted by atomic mass is 16.3. The van der Waals surface area contributed by atoms with E-state index in [1.54, 1.807) is 6.07 Å². The van der Waals surface area contributed by atoms with E-state index in [4.69, 9.17) is 4.42 Å². The third-order valence-corrected chi connectivity index (χ3v) is 5.44. The van der Waals surface area contributed by atoms with Crippen molar-refractivity contribution in [1.82, 2.24) is 15.1 Å². The Kier molecular flexibility index (Phi) is 5.74. The smallest absolute Gasteiger partial charge is 0.287 e. The fourth-order valence-corrected chi connectivity index (χ4v) is 3.88. The van der Waals surface area contributed by atoms with Crippen LogP contribution in [0.5, 0.6) is 0 Å². The number of carbonyl (C=O) groups excluding carboxylic acids is 1. The number of fused-ring (bicyclic) bond motifs is 1. The van der Waals surface area contributed by atoms with Gasteiger partial charge in [-0.15, -0.1) is 0 Å². The van der Waals surface area contributed by atoms with Crippen LogP contribution in [0, 0.1) is 0 Å². The largest absolute Gasteiger partial charge is 0.451 e. The number of rotatable bonds is 6. The van der Waals surface area contributed by atoms with Gasteiger partial charge in [-0.2, -0.15) is 0 Å². The number of hydrogen-bond acceptors (Lipinski definition) is 4. The summed E-state index contributed by atoms with van der Waals surface area (Å²) in [5, 5.41) is 3.95. The summed E-state index contributed by atoms with van der Waals surface area (Å²) < 4.78 is 5.64. The summed E-state index contributed by atoms with van der Waals surface area (Å²) >= 11 is 0. The van der Waals surface area contributed by atoms with Crippen molar-refractivity contribution < 1.29 is 9.21 Å². The monoisotopic (exact) mass is 377 g/mol. The van der Waals surface area contributed by atoms with Crippen molar-refractivity contribution >= 4 is 16.9 Å². The van der Waals surface area contributed by atoms with Crippen LogP contribution in [0.15, 0.2) is 65.1 Å². The maximum atomic E-state index is 12.4. The van der Waals surface area contributed by atoms with Crippen molar-refractivity contribution in [2.24, 2.45) is 0 Å². The number of hydrogen-bond donors (Lipinski definition) is 1. The van der Waals surface area contributed by atoms with Crippen molar-refractivity contribution in [3.63, 3.8) is 0 Å². The molecule has 2 heterocycles. The standard InChI is InChI=1S/C23H27N3O2/c1-25-14-15-26(20(17-25)18-8-3-2-4-9-18)13-7-12-24-23(27)22-16-19-10-5-6-11-21(19)28-22/h2-6,8-11,16,20H,7,12-15,17H2,1H3,(H,24,27)/t20-/m0/s1. The molecule has 0 radical (unpaired) electrons. The molecule has 146 valence electrons. The fourth-order valence-electron chi connectivity index (χ4n) is 3.88. The predicted octanol–water partition coefficient (Wildman–Crippen LogP) is 3.54. The average Bonchev–Trinajstić information content (AvgIpc) is 3.17. The summed E-state index contributed by atoms with van der Waals surface area (Å²) in [5.74, 6) is 0.233. The van der Waals surface area contributed by atoms with Gasteiger partial charge in [-0.05, 0) is 31.2 Å². The second-order valence-electron chi connectivity index (χ2n) is 7.48. The van der Waals surface area contributed by atoms with Gasteiger partial charge >= 0.3 is 0 Å². The first-order valence-electron chi connectivity index (χ1n) is 9.95.